The van der Waals surface area contributed by atoms with Crippen LogP contribution in [0.15, 0.2) is 18.9 Å². The normalized spacial score (nSPS) is 28.1. The van der Waals surface area contributed by atoms with Gasteiger partial charge in [-0.1, -0.05) is 24.6 Å². The first-order valence-electron chi connectivity index (χ1n) is 9.71. The number of aryl methyl sites for hydroxylation is 1. The molecule has 4 atom stereocenters. The first-order valence-corrected chi connectivity index (χ1v) is 9.71. The van der Waals surface area contributed by atoms with Crippen molar-refractivity contribution >= 4 is 5.91 Å². The van der Waals surface area contributed by atoms with Crippen molar-refractivity contribution in [1.82, 2.24) is 19.9 Å². The molecule has 3 fully saturated rings. The maximum atomic E-state index is 12.7. The van der Waals surface area contributed by atoms with Gasteiger partial charge in [-0.05, 0) is 18.8 Å². The van der Waals surface area contributed by atoms with Gasteiger partial charge < -0.3 is 9.80 Å². The van der Waals surface area contributed by atoms with Crippen LogP contribution in [0.1, 0.15) is 38.3 Å². The third-order valence-electron chi connectivity index (χ3n) is 5.93. The fourth-order valence-corrected chi connectivity index (χ4v) is 4.49. The monoisotopic (exact) mass is 346 g/mol. The van der Waals surface area contributed by atoms with Gasteiger partial charge in [-0.25, -0.2) is 4.68 Å². The molecule has 3 aliphatic heterocycles. The van der Waals surface area contributed by atoms with E-state index in [2.05, 4.69) is 30.0 Å². The number of nitrogens with one attached hydrogen (secondary N) is 1. The number of quaternary nitrogens is 1. The summed E-state index contributed by atoms with van der Waals surface area (Å²) < 4.78 is 2.02. The second kappa shape index (κ2) is 8.13. The van der Waals surface area contributed by atoms with Crippen molar-refractivity contribution in [2.24, 2.45) is 11.8 Å². The summed E-state index contributed by atoms with van der Waals surface area (Å²) >= 11 is 0. The average Bonchev–Trinajstić information content (AvgIpc) is 3.07. The molecule has 2 bridgehead atoms. The Morgan fingerprint density at radius 2 is 2.40 bits per heavy atom. The zero-order valence-corrected chi connectivity index (χ0v) is 15.7. The van der Waals surface area contributed by atoms with E-state index in [1.165, 1.54) is 25.8 Å². The van der Waals surface area contributed by atoms with E-state index < -0.39 is 0 Å². The van der Waals surface area contributed by atoms with E-state index in [0.29, 0.717) is 24.4 Å². The van der Waals surface area contributed by atoms with Crippen molar-refractivity contribution in [3.8, 4) is 0 Å². The lowest BCUT2D eigenvalue weighted by Gasteiger charge is -2.46. The first-order chi connectivity index (χ1) is 12.1. The van der Waals surface area contributed by atoms with Crippen molar-refractivity contribution in [3.05, 3.63) is 24.5 Å². The van der Waals surface area contributed by atoms with Gasteiger partial charge in [-0.3, -0.25) is 4.79 Å². The number of nitrogens with zero attached hydrogens (tertiary/aromatic N) is 4. The van der Waals surface area contributed by atoms with Crippen molar-refractivity contribution in [3.63, 3.8) is 0 Å². The number of rotatable bonds is 8. The highest BCUT2D eigenvalue weighted by molar-refractivity contribution is 5.79. The van der Waals surface area contributed by atoms with Gasteiger partial charge in [0.15, 0.2) is 0 Å². The molecular formula is C19H32N5O+. The topological polar surface area (TPSA) is 55.5 Å². The van der Waals surface area contributed by atoms with Gasteiger partial charge in [0.1, 0.15) is 6.04 Å². The van der Waals surface area contributed by atoms with Gasteiger partial charge in [0.2, 0.25) is 5.91 Å². The molecule has 1 aromatic heterocycles. The van der Waals surface area contributed by atoms with Crippen LogP contribution in [0.2, 0.25) is 0 Å². The highest BCUT2D eigenvalue weighted by Gasteiger charge is 2.47. The number of fused-ring (bicyclic) bond motifs is 3. The molecule has 3 saturated heterocycles. The maximum absolute atomic E-state index is 12.7. The van der Waals surface area contributed by atoms with Crippen LogP contribution >= 0.6 is 0 Å². The minimum Gasteiger partial charge on any atom is -0.342 e. The molecule has 0 spiro atoms. The Hall–Kier alpha value is -1.69. The highest BCUT2D eigenvalue weighted by Crippen LogP contribution is 2.28. The lowest BCUT2D eigenvalue weighted by molar-refractivity contribution is -0.945. The molecule has 0 radical (unpaired) electrons. The predicted molar refractivity (Wildman–Crippen MR) is 97.2 cm³/mol. The van der Waals surface area contributed by atoms with Crippen molar-refractivity contribution in [1.29, 1.82) is 0 Å². The smallest absolute Gasteiger partial charge is 0.231 e. The Kier molecular flexibility index (Phi) is 5.89. The van der Waals surface area contributed by atoms with Crippen LogP contribution in [0, 0.1) is 11.8 Å². The molecule has 1 amide bonds. The molecule has 138 valence electrons. The van der Waals surface area contributed by atoms with Crippen LogP contribution < -0.4 is 4.90 Å². The van der Waals surface area contributed by atoms with Gasteiger partial charge in [0.05, 0.1) is 31.2 Å². The zero-order chi connectivity index (χ0) is 17.8. The number of likely N-dealkylation sites (N-methyl/N-ethyl adjacent to an activating group) is 1. The van der Waals surface area contributed by atoms with Crippen molar-refractivity contribution < 1.29 is 9.69 Å². The number of amides is 1. The number of hydrogen-bond donors (Lipinski definition) is 1. The van der Waals surface area contributed by atoms with Crippen LogP contribution in [0.4, 0.5) is 0 Å². The van der Waals surface area contributed by atoms with Gasteiger partial charge >= 0.3 is 0 Å². The van der Waals surface area contributed by atoms with Crippen LogP contribution in [0.25, 0.3) is 0 Å². The summed E-state index contributed by atoms with van der Waals surface area (Å²) in [6.45, 7) is 9.65. The van der Waals surface area contributed by atoms with E-state index in [1.807, 2.05) is 16.6 Å². The quantitative estimate of drug-likeness (QED) is 0.700. The van der Waals surface area contributed by atoms with E-state index >= 15 is 0 Å². The Balaban J connectivity index is 1.58. The summed E-state index contributed by atoms with van der Waals surface area (Å²) in [5.41, 5.74) is 1.10. The number of aromatic nitrogens is 3. The molecule has 25 heavy (non-hydrogen) atoms. The Morgan fingerprint density at radius 3 is 3.08 bits per heavy atom. The summed E-state index contributed by atoms with van der Waals surface area (Å²) in [5, 5.41) is 8.62. The SMILES string of the molecule is C=CCN(C)C(=O)[C@H]1C[NH+]2CC[C@H]1C[C@@H]2Cn1cc(CCCC)nn1. The minimum absolute atomic E-state index is 0.181. The fraction of sp³-hybridized carbons (Fsp3) is 0.737. The Morgan fingerprint density at radius 1 is 1.56 bits per heavy atom. The molecule has 3 aliphatic rings. The zero-order valence-electron chi connectivity index (χ0n) is 15.7. The first kappa shape index (κ1) is 18.1. The fourth-order valence-electron chi connectivity index (χ4n) is 4.49. The molecule has 4 rings (SSSR count). The summed E-state index contributed by atoms with van der Waals surface area (Å²) in [4.78, 5) is 16.1. The summed E-state index contributed by atoms with van der Waals surface area (Å²) in [7, 11) is 1.89. The van der Waals surface area contributed by atoms with Crippen molar-refractivity contribution in [2.75, 3.05) is 26.7 Å². The number of unbranched alkanes of at least 4 members (excludes halogenated alkanes) is 1. The molecule has 1 unspecified atom stereocenters. The second-order valence-electron chi connectivity index (χ2n) is 7.74. The van der Waals surface area contributed by atoms with Gasteiger partial charge in [-0.15, -0.1) is 11.7 Å². The number of hydrogen-bond acceptors (Lipinski definition) is 3. The lowest BCUT2D eigenvalue weighted by atomic mass is 9.75. The largest absolute Gasteiger partial charge is 0.342 e. The van der Waals surface area contributed by atoms with Crippen LogP contribution in [-0.2, 0) is 17.8 Å². The summed E-state index contributed by atoms with van der Waals surface area (Å²) in [6.07, 6.45) is 9.58. The molecule has 0 saturated carbocycles. The molecule has 0 aliphatic carbocycles. The van der Waals surface area contributed by atoms with E-state index in [4.69, 9.17) is 0 Å². The maximum Gasteiger partial charge on any atom is 0.231 e. The van der Waals surface area contributed by atoms with Gasteiger partial charge in [0.25, 0.3) is 0 Å². The third kappa shape index (κ3) is 4.11. The third-order valence-corrected chi connectivity index (χ3v) is 5.93. The Bertz CT molecular complexity index is 598. The summed E-state index contributed by atoms with van der Waals surface area (Å²) in [6, 6.07) is 0.563. The molecule has 1 aromatic rings. The van der Waals surface area contributed by atoms with Crippen molar-refractivity contribution in [2.45, 2.75) is 51.6 Å². The van der Waals surface area contributed by atoms with Crippen LogP contribution in [-0.4, -0.2) is 58.5 Å². The highest BCUT2D eigenvalue weighted by atomic mass is 16.2. The minimum atomic E-state index is 0.181. The summed E-state index contributed by atoms with van der Waals surface area (Å²) in [5.74, 6) is 0.995. The molecule has 1 N–H and O–H groups in total. The number of carbonyl (C=O) groups is 1. The molecule has 6 heteroatoms. The lowest BCUT2D eigenvalue weighted by Crippen LogP contribution is -3.20. The van der Waals surface area contributed by atoms with Gasteiger partial charge in [-0.2, -0.15) is 0 Å². The van der Waals surface area contributed by atoms with E-state index in [-0.39, 0.29) is 5.92 Å². The molecular weight excluding hydrogens is 314 g/mol. The van der Waals surface area contributed by atoms with Gasteiger partial charge in [0, 0.05) is 32.6 Å². The van der Waals surface area contributed by atoms with E-state index in [1.54, 1.807) is 11.0 Å². The standard InChI is InChI=1S/C19H31N5O/c1-4-6-7-16-12-24(21-20-16)13-17-11-15-8-10-23(17)14-18(15)19(25)22(3)9-5-2/h5,12,15,17-18H,2,4,6-11,13-14H2,1,3H3/p+1/t15-,17+,18-/m0/s1. The Labute approximate surface area is 150 Å². The van der Waals surface area contributed by atoms with Crippen LogP contribution in [0.3, 0.4) is 0 Å². The molecule has 0 aromatic carbocycles. The van der Waals surface area contributed by atoms with Crippen LogP contribution in [0.5, 0.6) is 0 Å². The number of piperidine rings is 3. The van der Waals surface area contributed by atoms with E-state index in [0.717, 1.165) is 31.6 Å². The molecule has 6 nitrogen and oxygen atoms in total. The predicted octanol–water partition coefficient (Wildman–Crippen LogP) is 0.558. The second-order valence-corrected chi connectivity index (χ2v) is 7.74. The molecule has 4 heterocycles. The average molecular weight is 346 g/mol. The number of carbonyl (C=O) groups excluding carboxylic acids is 1. The van der Waals surface area contributed by atoms with E-state index in [9.17, 15) is 4.79 Å².